The number of aryl methyl sites for hydroxylation is 1. The average molecular weight is 415 g/mol. The summed E-state index contributed by atoms with van der Waals surface area (Å²) in [7, 11) is 1.64. The summed E-state index contributed by atoms with van der Waals surface area (Å²) in [5.74, 6) is -0.186. The summed E-state index contributed by atoms with van der Waals surface area (Å²) in [5.41, 5.74) is 1.79. The number of nitrogens with zero attached hydrogens (tertiary/aromatic N) is 4. The van der Waals surface area contributed by atoms with Crippen LogP contribution in [0, 0.1) is 12.7 Å². The number of aromatic nitrogens is 3. The van der Waals surface area contributed by atoms with Crippen molar-refractivity contribution in [2.45, 2.75) is 32.4 Å². The summed E-state index contributed by atoms with van der Waals surface area (Å²) < 4.78 is 19.5. The highest BCUT2D eigenvalue weighted by atomic mass is 32.1. The van der Waals surface area contributed by atoms with Gasteiger partial charge in [-0.2, -0.15) is 0 Å². The molecular weight excluding hydrogens is 393 g/mol. The Labute approximate surface area is 171 Å². The standard InChI is InChI=1S/C20H22FN5O2S/c1-11-6-16-18(29-11)17(19(27)26-5-4-15(26)10-28-3)25-20(24-16)23-12(2)13-7-14(21)9-22-8-13/h6-9,12,15H,4-5,10H2,1-3H3,(H,23,24,25)/t12-,15+/m0/s1. The van der Waals surface area contributed by atoms with E-state index in [0.29, 0.717) is 30.4 Å². The van der Waals surface area contributed by atoms with Gasteiger partial charge in [-0.15, -0.1) is 11.3 Å². The van der Waals surface area contributed by atoms with E-state index in [1.54, 1.807) is 18.2 Å². The summed E-state index contributed by atoms with van der Waals surface area (Å²) in [6, 6.07) is 3.16. The van der Waals surface area contributed by atoms with E-state index >= 15 is 0 Å². The molecule has 7 nitrogen and oxygen atoms in total. The highest BCUT2D eigenvalue weighted by Crippen LogP contribution is 2.31. The quantitative estimate of drug-likeness (QED) is 0.663. The largest absolute Gasteiger partial charge is 0.383 e. The summed E-state index contributed by atoms with van der Waals surface area (Å²) in [6.07, 6.45) is 3.68. The maximum absolute atomic E-state index is 13.5. The van der Waals surface area contributed by atoms with Crippen LogP contribution < -0.4 is 5.32 Å². The highest BCUT2D eigenvalue weighted by Gasteiger charge is 2.34. The average Bonchev–Trinajstić information content (AvgIpc) is 3.04. The van der Waals surface area contributed by atoms with Crippen molar-refractivity contribution in [3.8, 4) is 0 Å². The van der Waals surface area contributed by atoms with Crippen LogP contribution in [0.4, 0.5) is 10.3 Å². The Bertz CT molecular complexity index is 1060. The first kappa shape index (κ1) is 19.7. The predicted octanol–water partition coefficient (Wildman–Crippen LogP) is 3.57. The summed E-state index contributed by atoms with van der Waals surface area (Å²) in [6.45, 7) is 5.05. The zero-order valence-corrected chi connectivity index (χ0v) is 17.3. The van der Waals surface area contributed by atoms with Gasteiger partial charge in [0.25, 0.3) is 5.91 Å². The van der Waals surface area contributed by atoms with Crippen LogP contribution in [-0.4, -0.2) is 52.1 Å². The number of rotatable bonds is 6. The van der Waals surface area contributed by atoms with Gasteiger partial charge in [-0.05, 0) is 38.0 Å². The minimum atomic E-state index is -0.404. The zero-order valence-electron chi connectivity index (χ0n) is 16.5. The Balaban J connectivity index is 1.66. The highest BCUT2D eigenvalue weighted by molar-refractivity contribution is 7.19. The van der Waals surface area contributed by atoms with E-state index in [9.17, 15) is 9.18 Å². The second-order valence-electron chi connectivity index (χ2n) is 7.17. The SMILES string of the molecule is COC[C@H]1CCN1C(=O)c1nc(N[C@@H](C)c2cncc(F)c2)nc2cc(C)sc12. The van der Waals surface area contributed by atoms with Gasteiger partial charge in [-0.3, -0.25) is 9.78 Å². The van der Waals surface area contributed by atoms with Gasteiger partial charge in [-0.1, -0.05) is 0 Å². The van der Waals surface area contributed by atoms with Crippen LogP contribution in [0.15, 0.2) is 24.5 Å². The number of methoxy groups -OCH3 is 1. The van der Waals surface area contributed by atoms with Crippen LogP contribution in [0.2, 0.25) is 0 Å². The number of carbonyl (C=O) groups is 1. The molecule has 0 aromatic carbocycles. The number of hydrogen-bond donors (Lipinski definition) is 1. The summed E-state index contributed by atoms with van der Waals surface area (Å²) >= 11 is 1.51. The van der Waals surface area contributed by atoms with Crippen molar-refractivity contribution in [1.82, 2.24) is 19.9 Å². The third kappa shape index (κ3) is 3.92. The number of hydrogen-bond acceptors (Lipinski definition) is 7. The topological polar surface area (TPSA) is 80.2 Å². The van der Waals surface area contributed by atoms with Gasteiger partial charge in [0, 0.05) is 24.7 Å². The Morgan fingerprint density at radius 1 is 1.41 bits per heavy atom. The lowest BCUT2D eigenvalue weighted by molar-refractivity contribution is 0.0199. The third-order valence-electron chi connectivity index (χ3n) is 5.03. The van der Waals surface area contributed by atoms with Gasteiger partial charge in [0.1, 0.15) is 5.82 Å². The molecule has 0 aliphatic carbocycles. The molecule has 2 atom stereocenters. The third-order valence-corrected chi connectivity index (χ3v) is 6.08. The van der Waals surface area contributed by atoms with E-state index < -0.39 is 5.82 Å². The smallest absolute Gasteiger partial charge is 0.274 e. The molecule has 0 bridgehead atoms. The molecule has 3 aromatic heterocycles. The lowest BCUT2D eigenvalue weighted by atomic mass is 10.0. The molecule has 152 valence electrons. The maximum atomic E-state index is 13.5. The van der Waals surface area contributed by atoms with E-state index in [1.165, 1.54) is 17.4 Å². The Morgan fingerprint density at radius 2 is 2.24 bits per heavy atom. The number of pyridine rings is 1. The van der Waals surface area contributed by atoms with Crippen molar-refractivity contribution in [1.29, 1.82) is 0 Å². The molecule has 9 heteroatoms. The van der Waals surface area contributed by atoms with Crippen molar-refractivity contribution in [3.63, 3.8) is 0 Å². The van der Waals surface area contributed by atoms with Gasteiger partial charge in [-0.25, -0.2) is 14.4 Å². The predicted molar refractivity (Wildman–Crippen MR) is 110 cm³/mol. The molecule has 3 aromatic rings. The van der Waals surface area contributed by atoms with E-state index in [2.05, 4.69) is 20.3 Å². The number of anilines is 1. The lowest BCUT2D eigenvalue weighted by Gasteiger charge is -2.40. The lowest BCUT2D eigenvalue weighted by Crippen LogP contribution is -2.53. The van der Waals surface area contributed by atoms with Crippen molar-refractivity contribution < 1.29 is 13.9 Å². The molecule has 0 unspecified atom stereocenters. The van der Waals surface area contributed by atoms with Crippen LogP contribution in [0.25, 0.3) is 10.2 Å². The minimum Gasteiger partial charge on any atom is -0.383 e. The minimum absolute atomic E-state index is 0.0762. The maximum Gasteiger partial charge on any atom is 0.274 e. The van der Waals surface area contributed by atoms with Gasteiger partial charge in [0.05, 0.1) is 35.1 Å². The van der Waals surface area contributed by atoms with Gasteiger partial charge in [0.15, 0.2) is 5.69 Å². The Kier molecular flexibility index (Phi) is 5.42. The molecule has 0 spiro atoms. The number of thiophene rings is 1. The molecule has 1 N–H and O–H groups in total. The van der Waals surface area contributed by atoms with Crippen LogP contribution in [0.5, 0.6) is 0 Å². The first-order valence-corrected chi connectivity index (χ1v) is 10.2. The fourth-order valence-corrected chi connectivity index (χ4v) is 4.34. The molecular formula is C20H22FN5O2S. The molecule has 1 saturated heterocycles. The number of ether oxygens (including phenoxy) is 1. The van der Waals surface area contributed by atoms with E-state index in [1.807, 2.05) is 19.9 Å². The van der Waals surface area contributed by atoms with Gasteiger partial charge >= 0.3 is 0 Å². The number of nitrogens with one attached hydrogen (secondary N) is 1. The molecule has 1 amide bonds. The van der Waals surface area contributed by atoms with Crippen molar-refractivity contribution in [2.75, 3.05) is 25.6 Å². The molecule has 4 heterocycles. The molecule has 1 fully saturated rings. The van der Waals surface area contributed by atoms with Crippen LogP contribution in [-0.2, 0) is 4.74 Å². The van der Waals surface area contributed by atoms with E-state index in [0.717, 1.165) is 27.7 Å². The summed E-state index contributed by atoms with van der Waals surface area (Å²) in [5, 5.41) is 3.17. The van der Waals surface area contributed by atoms with Crippen molar-refractivity contribution in [2.24, 2.45) is 0 Å². The first-order chi connectivity index (χ1) is 14.0. The fraction of sp³-hybridized carbons (Fsp3) is 0.400. The van der Waals surface area contributed by atoms with Crippen molar-refractivity contribution in [3.05, 3.63) is 46.5 Å². The first-order valence-electron chi connectivity index (χ1n) is 9.41. The summed E-state index contributed by atoms with van der Waals surface area (Å²) in [4.78, 5) is 29.0. The molecule has 0 radical (unpaired) electrons. The van der Waals surface area contributed by atoms with Crippen LogP contribution in [0.1, 0.15) is 40.3 Å². The van der Waals surface area contributed by atoms with E-state index in [4.69, 9.17) is 4.74 Å². The molecule has 1 aliphatic rings. The number of fused-ring (bicyclic) bond motifs is 1. The number of amides is 1. The second-order valence-corrected chi connectivity index (χ2v) is 8.42. The fourth-order valence-electron chi connectivity index (χ4n) is 3.41. The van der Waals surface area contributed by atoms with Gasteiger partial charge < -0.3 is 15.0 Å². The van der Waals surface area contributed by atoms with Crippen LogP contribution >= 0.6 is 11.3 Å². The Hall–Kier alpha value is -2.65. The molecule has 0 saturated carbocycles. The van der Waals surface area contributed by atoms with E-state index in [-0.39, 0.29) is 18.0 Å². The number of likely N-dealkylation sites (tertiary alicyclic amines) is 1. The molecule has 1 aliphatic heterocycles. The molecule has 29 heavy (non-hydrogen) atoms. The Morgan fingerprint density at radius 3 is 2.93 bits per heavy atom. The van der Waals surface area contributed by atoms with Gasteiger partial charge in [0.2, 0.25) is 5.95 Å². The number of carbonyl (C=O) groups excluding carboxylic acids is 1. The number of halogens is 1. The zero-order chi connectivity index (χ0) is 20.5. The van der Waals surface area contributed by atoms with Crippen LogP contribution in [0.3, 0.4) is 0 Å². The normalized spacial score (nSPS) is 17.2. The van der Waals surface area contributed by atoms with Crippen molar-refractivity contribution >= 4 is 33.4 Å². The molecule has 4 rings (SSSR count). The monoisotopic (exact) mass is 415 g/mol. The second kappa shape index (κ2) is 8.00.